The van der Waals surface area contributed by atoms with Gasteiger partial charge in [0.05, 0.1) is 5.54 Å². The molecule has 0 atom stereocenters. The summed E-state index contributed by atoms with van der Waals surface area (Å²) >= 11 is 0. The smallest absolute Gasteiger partial charge is 0.235 e. The maximum absolute atomic E-state index is 10.4. The van der Waals surface area contributed by atoms with Gasteiger partial charge in [-0.3, -0.25) is 0 Å². The number of fused-ring (bicyclic) bond motifs is 1. The van der Waals surface area contributed by atoms with Gasteiger partial charge >= 0.3 is 0 Å². The number of rotatable bonds is 2. The topological polar surface area (TPSA) is 32.7 Å². The van der Waals surface area contributed by atoms with Crippen molar-refractivity contribution in [1.29, 1.82) is 0 Å². The molecule has 84 valence electrons. The number of hydrogen-bond acceptors (Lipinski definition) is 3. The number of carbonyl (C=O) groups excluding carboxylic acids is 1. The summed E-state index contributed by atoms with van der Waals surface area (Å²) in [6.07, 6.45) is 2.72. The molecule has 0 aromatic heterocycles. The molecule has 1 aliphatic rings. The van der Waals surface area contributed by atoms with E-state index in [1.807, 2.05) is 19.9 Å². The lowest BCUT2D eigenvalue weighted by Gasteiger charge is -2.19. The molecule has 0 bridgehead atoms. The number of benzene rings is 1. The van der Waals surface area contributed by atoms with Crippen molar-refractivity contribution < 1.29 is 4.79 Å². The average molecular weight is 216 g/mol. The Morgan fingerprint density at radius 3 is 2.88 bits per heavy atom. The molecule has 0 unspecified atom stereocenters. The van der Waals surface area contributed by atoms with E-state index in [0.717, 1.165) is 18.5 Å². The Hall–Kier alpha value is -1.60. The molecule has 0 radical (unpaired) electrons. The van der Waals surface area contributed by atoms with Crippen LogP contribution in [0.15, 0.2) is 23.2 Å². The van der Waals surface area contributed by atoms with Gasteiger partial charge in [0, 0.05) is 19.3 Å². The summed E-state index contributed by atoms with van der Waals surface area (Å²) in [6.45, 7) is 4.92. The lowest BCUT2D eigenvalue weighted by molar-refractivity contribution is 0.522. The van der Waals surface area contributed by atoms with Gasteiger partial charge in [0.25, 0.3) is 0 Å². The van der Waals surface area contributed by atoms with Gasteiger partial charge in [-0.2, -0.15) is 4.99 Å². The second kappa shape index (κ2) is 3.76. The molecule has 3 heteroatoms. The van der Waals surface area contributed by atoms with Crippen molar-refractivity contribution in [1.82, 2.24) is 0 Å². The van der Waals surface area contributed by atoms with Gasteiger partial charge in [0.1, 0.15) is 0 Å². The normalized spacial score (nSPS) is 14.6. The number of hydrogen-bond donors (Lipinski definition) is 0. The van der Waals surface area contributed by atoms with E-state index in [2.05, 4.69) is 29.1 Å². The molecule has 2 rings (SSSR count). The highest BCUT2D eigenvalue weighted by atomic mass is 16.1. The first kappa shape index (κ1) is 10.9. The van der Waals surface area contributed by atoms with Crippen LogP contribution < -0.4 is 4.90 Å². The highest BCUT2D eigenvalue weighted by Gasteiger charge is 2.23. The minimum Gasteiger partial charge on any atom is -0.374 e. The van der Waals surface area contributed by atoms with E-state index in [4.69, 9.17) is 0 Å². The molecule has 1 aromatic rings. The SMILES string of the molecule is CN1CCc2cc(C(C)(C)N=C=O)ccc21. The van der Waals surface area contributed by atoms with Gasteiger partial charge in [-0.1, -0.05) is 12.1 Å². The van der Waals surface area contributed by atoms with Gasteiger partial charge in [0.15, 0.2) is 0 Å². The fraction of sp³-hybridized carbons (Fsp3) is 0.462. The Balaban J connectivity index is 2.43. The molecule has 16 heavy (non-hydrogen) atoms. The van der Waals surface area contributed by atoms with E-state index in [-0.39, 0.29) is 0 Å². The highest BCUT2D eigenvalue weighted by Crippen LogP contribution is 2.32. The molecular weight excluding hydrogens is 200 g/mol. The zero-order chi connectivity index (χ0) is 11.8. The Bertz CT molecular complexity index is 459. The van der Waals surface area contributed by atoms with Gasteiger partial charge in [-0.25, -0.2) is 4.79 Å². The number of anilines is 1. The molecule has 0 aliphatic carbocycles. The Labute approximate surface area is 95.8 Å². The highest BCUT2D eigenvalue weighted by molar-refractivity contribution is 5.59. The lowest BCUT2D eigenvalue weighted by atomic mass is 9.93. The molecule has 0 saturated heterocycles. The van der Waals surface area contributed by atoms with Gasteiger partial charge in [-0.15, -0.1) is 0 Å². The number of aliphatic imine (C=N–C) groups is 1. The summed E-state index contributed by atoms with van der Waals surface area (Å²) in [7, 11) is 2.10. The summed E-state index contributed by atoms with van der Waals surface area (Å²) < 4.78 is 0. The predicted molar refractivity (Wildman–Crippen MR) is 64.6 cm³/mol. The van der Waals surface area contributed by atoms with Crippen molar-refractivity contribution in [2.45, 2.75) is 25.8 Å². The van der Waals surface area contributed by atoms with E-state index < -0.39 is 5.54 Å². The van der Waals surface area contributed by atoms with Gasteiger partial charge in [-0.05, 0) is 37.5 Å². The Kier molecular flexibility index (Phi) is 2.56. The largest absolute Gasteiger partial charge is 0.374 e. The van der Waals surface area contributed by atoms with Crippen LogP contribution in [0.4, 0.5) is 5.69 Å². The van der Waals surface area contributed by atoms with E-state index in [1.165, 1.54) is 11.3 Å². The minimum atomic E-state index is -0.474. The van der Waals surface area contributed by atoms with Crippen LogP contribution in [0.3, 0.4) is 0 Å². The molecule has 0 fully saturated rings. The monoisotopic (exact) mass is 216 g/mol. The molecule has 1 aromatic carbocycles. The molecule has 0 amide bonds. The predicted octanol–water partition coefficient (Wildman–Crippen LogP) is 2.25. The van der Waals surface area contributed by atoms with Crippen molar-refractivity contribution in [3.8, 4) is 0 Å². The third kappa shape index (κ3) is 1.74. The standard InChI is InChI=1S/C13H16N2O/c1-13(2,14-9-16)11-4-5-12-10(8-11)6-7-15(12)3/h4-5,8H,6-7H2,1-3H3. The first-order valence-electron chi connectivity index (χ1n) is 5.48. The summed E-state index contributed by atoms with van der Waals surface area (Å²) in [5.41, 5.74) is 3.23. The molecular formula is C13H16N2O. The second-order valence-electron chi connectivity index (χ2n) is 4.78. The zero-order valence-corrected chi connectivity index (χ0v) is 9.95. The van der Waals surface area contributed by atoms with Gasteiger partial charge < -0.3 is 4.90 Å². The van der Waals surface area contributed by atoms with Gasteiger partial charge in [0.2, 0.25) is 6.08 Å². The number of nitrogens with zero attached hydrogens (tertiary/aromatic N) is 2. The first-order chi connectivity index (χ1) is 7.54. The van der Waals surface area contributed by atoms with Crippen molar-refractivity contribution in [3.63, 3.8) is 0 Å². The van der Waals surface area contributed by atoms with Crippen molar-refractivity contribution in [2.24, 2.45) is 4.99 Å². The summed E-state index contributed by atoms with van der Waals surface area (Å²) in [5.74, 6) is 0. The lowest BCUT2D eigenvalue weighted by Crippen LogP contribution is -2.14. The van der Waals surface area contributed by atoms with Crippen molar-refractivity contribution >= 4 is 11.8 Å². The fourth-order valence-corrected chi connectivity index (χ4v) is 2.13. The minimum absolute atomic E-state index is 0.474. The molecule has 0 N–H and O–H groups in total. The Morgan fingerprint density at radius 2 is 2.19 bits per heavy atom. The van der Waals surface area contributed by atoms with E-state index in [9.17, 15) is 4.79 Å². The second-order valence-corrected chi connectivity index (χ2v) is 4.78. The quantitative estimate of drug-likeness (QED) is 0.561. The van der Waals surface area contributed by atoms with Crippen LogP contribution >= 0.6 is 0 Å². The summed E-state index contributed by atoms with van der Waals surface area (Å²) in [6, 6.07) is 6.31. The van der Waals surface area contributed by atoms with Crippen molar-refractivity contribution in [2.75, 3.05) is 18.5 Å². The van der Waals surface area contributed by atoms with Crippen LogP contribution in [0.1, 0.15) is 25.0 Å². The molecule has 0 spiro atoms. The molecule has 1 aliphatic heterocycles. The summed E-state index contributed by atoms with van der Waals surface area (Å²) in [5, 5.41) is 0. The molecule has 1 heterocycles. The Morgan fingerprint density at radius 1 is 1.44 bits per heavy atom. The van der Waals surface area contributed by atoms with E-state index in [0.29, 0.717) is 0 Å². The van der Waals surface area contributed by atoms with Crippen molar-refractivity contribution in [3.05, 3.63) is 29.3 Å². The third-order valence-electron chi connectivity index (χ3n) is 3.24. The van der Waals surface area contributed by atoms with Crippen LogP contribution in [0.5, 0.6) is 0 Å². The first-order valence-corrected chi connectivity index (χ1v) is 5.48. The molecule has 3 nitrogen and oxygen atoms in total. The maximum atomic E-state index is 10.4. The summed E-state index contributed by atoms with van der Waals surface area (Å²) in [4.78, 5) is 16.5. The van der Waals surface area contributed by atoms with E-state index >= 15 is 0 Å². The molecule has 0 saturated carbocycles. The zero-order valence-electron chi connectivity index (χ0n) is 9.95. The van der Waals surface area contributed by atoms with Crippen LogP contribution in [-0.4, -0.2) is 19.7 Å². The third-order valence-corrected chi connectivity index (χ3v) is 3.24. The number of likely N-dealkylation sites (N-methyl/N-ethyl adjacent to an activating group) is 1. The fourth-order valence-electron chi connectivity index (χ4n) is 2.13. The van der Waals surface area contributed by atoms with Crippen LogP contribution in [0.25, 0.3) is 0 Å². The van der Waals surface area contributed by atoms with Crippen LogP contribution in [-0.2, 0) is 16.8 Å². The number of isocyanates is 1. The van der Waals surface area contributed by atoms with Crippen LogP contribution in [0, 0.1) is 0 Å². The average Bonchev–Trinajstić information content (AvgIpc) is 2.60. The van der Waals surface area contributed by atoms with Crippen LogP contribution in [0.2, 0.25) is 0 Å². The van der Waals surface area contributed by atoms with E-state index in [1.54, 1.807) is 6.08 Å². The maximum Gasteiger partial charge on any atom is 0.235 e.